The monoisotopic (exact) mass is 354 g/mol. The van der Waals surface area contributed by atoms with E-state index < -0.39 is 0 Å². The predicted octanol–water partition coefficient (Wildman–Crippen LogP) is 3.32. The molecule has 0 aromatic heterocycles. The molecule has 0 radical (unpaired) electrons. The third-order valence-electron chi connectivity index (χ3n) is 4.23. The lowest BCUT2D eigenvalue weighted by Gasteiger charge is -2.16. The third-order valence-corrected chi connectivity index (χ3v) is 4.23. The maximum Gasteiger partial charge on any atom is 0.191 e. The average molecular weight is 354 g/mol. The molecule has 0 unspecified atom stereocenters. The fraction of sp³-hybridized carbons (Fsp3) is 0.381. The summed E-state index contributed by atoms with van der Waals surface area (Å²) in [6, 6.07) is 14.5. The van der Waals surface area contributed by atoms with Gasteiger partial charge in [0.15, 0.2) is 5.96 Å². The van der Waals surface area contributed by atoms with Crippen LogP contribution in [0, 0.1) is 6.92 Å². The minimum atomic E-state index is 0.567. The molecule has 140 valence electrons. The maximum absolute atomic E-state index is 5.40. The molecule has 0 spiro atoms. The Bertz CT molecular complexity index is 741. The Morgan fingerprint density at radius 1 is 1.08 bits per heavy atom. The van der Waals surface area contributed by atoms with E-state index in [2.05, 4.69) is 66.7 Å². The number of guanidine groups is 1. The van der Waals surface area contributed by atoms with Gasteiger partial charge in [0.25, 0.3) is 0 Å². The summed E-state index contributed by atoms with van der Waals surface area (Å²) in [6.07, 6.45) is 0. The standard InChI is InChI=1S/C21H30N4O/c1-6-22-21(24-15-18-9-7-8-10-20(18)26-5)23-14-17-11-12-19(25(3)4)13-16(17)2/h7-13H,6,14-15H2,1-5H3,(H2,22,23,24). The van der Waals surface area contributed by atoms with Gasteiger partial charge in [0.05, 0.1) is 13.7 Å². The van der Waals surface area contributed by atoms with Crippen LogP contribution >= 0.6 is 0 Å². The van der Waals surface area contributed by atoms with Crippen LogP contribution in [0.25, 0.3) is 0 Å². The average Bonchev–Trinajstić information content (AvgIpc) is 2.64. The third kappa shape index (κ3) is 5.41. The fourth-order valence-electron chi connectivity index (χ4n) is 2.68. The molecule has 2 rings (SSSR count). The van der Waals surface area contributed by atoms with Crippen molar-refractivity contribution in [1.29, 1.82) is 0 Å². The van der Waals surface area contributed by atoms with Crippen molar-refractivity contribution in [3.8, 4) is 5.75 Å². The number of hydrogen-bond donors (Lipinski definition) is 2. The second-order valence-electron chi connectivity index (χ2n) is 6.37. The van der Waals surface area contributed by atoms with Crippen LogP contribution in [-0.4, -0.2) is 33.7 Å². The number of aliphatic imine (C=N–C) groups is 1. The minimum Gasteiger partial charge on any atom is -0.496 e. The number of hydrogen-bond acceptors (Lipinski definition) is 3. The van der Waals surface area contributed by atoms with Gasteiger partial charge < -0.3 is 20.3 Å². The van der Waals surface area contributed by atoms with Crippen molar-refractivity contribution in [3.63, 3.8) is 0 Å². The molecule has 5 nitrogen and oxygen atoms in total. The Balaban J connectivity index is 2.06. The fourth-order valence-corrected chi connectivity index (χ4v) is 2.68. The van der Waals surface area contributed by atoms with Crippen LogP contribution in [0.2, 0.25) is 0 Å². The molecule has 0 heterocycles. The molecular weight excluding hydrogens is 324 g/mol. The van der Waals surface area contributed by atoms with Gasteiger partial charge in [-0.3, -0.25) is 0 Å². The number of benzene rings is 2. The normalized spacial score (nSPS) is 11.2. The second-order valence-corrected chi connectivity index (χ2v) is 6.37. The van der Waals surface area contributed by atoms with E-state index in [0.717, 1.165) is 30.4 Å². The van der Waals surface area contributed by atoms with Crippen molar-refractivity contribution >= 4 is 11.6 Å². The number of aryl methyl sites for hydroxylation is 1. The highest BCUT2D eigenvalue weighted by Gasteiger charge is 2.05. The number of nitrogens with zero attached hydrogens (tertiary/aromatic N) is 2. The van der Waals surface area contributed by atoms with E-state index in [-0.39, 0.29) is 0 Å². The van der Waals surface area contributed by atoms with Crippen LogP contribution in [0.3, 0.4) is 0 Å². The van der Waals surface area contributed by atoms with Crippen molar-refractivity contribution < 1.29 is 4.74 Å². The van der Waals surface area contributed by atoms with Gasteiger partial charge in [-0.05, 0) is 43.2 Å². The molecule has 0 amide bonds. The molecule has 2 N–H and O–H groups in total. The maximum atomic E-state index is 5.40. The van der Waals surface area contributed by atoms with Gasteiger partial charge in [-0.15, -0.1) is 0 Å². The number of nitrogens with one attached hydrogen (secondary N) is 2. The van der Waals surface area contributed by atoms with Crippen molar-refractivity contribution in [3.05, 3.63) is 59.2 Å². The quantitative estimate of drug-likeness (QED) is 0.591. The summed E-state index contributed by atoms with van der Waals surface area (Å²) in [5, 5.41) is 6.72. The molecule has 2 aromatic rings. The molecule has 0 atom stereocenters. The van der Waals surface area contributed by atoms with Gasteiger partial charge in [0, 0.05) is 38.4 Å². The molecule has 0 fully saturated rings. The Morgan fingerprint density at radius 3 is 2.50 bits per heavy atom. The highest BCUT2D eigenvalue weighted by molar-refractivity contribution is 5.79. The highest BCUT2D eigenvalue weighted by atomic mass is 16.5. The van der Waals surface area contributed by atoms with E-state index in [1.165, 1.54) is 16.8 Å². The van der Waals surface area contributed by atoms with E-state index >= 15 is 0 Å². The summed E-state index contributed by atoms with van der Waals surface area (Å²) < 4.78 is 5.40. The van der Waals surface area contributed by atoms with Crippen molar-refractivity contribution in [2.75, 3.05) is 32.6 Å². The number of methoxy groups -OCH3 is 1. The van der Waals surface area contributed by atoms with Crippen LogP contribution < -0.4 is 20.3 Å². The van der Waals surface area contributed by atoms with Crippen LogP contribution in [0.5, 0.6) is 5.75 Å². The van der Waals surface area contributed by atoms with Gasteiger partial charge >= 0.3 is 0 Å². The number of para-hydroxylation sites is 1. The van der Waals surface area contributed by atoms with Crippen molar-refractivity contribution in [1.82, 2.24) is 10.6 Å². The Morgan fingerprint density at radius 2 is 1.85 bits per heavy atom. The molecule has 2 aromatic carbocycles. The van der Waals surface area contributed by atoms with Crippen LogP contribution in [0.15, 0.2) is 47.5 Å². The van der Waals surface area contributed by atoms with Crippen molar-refractivity contribution in [2.24, 2.45) is 4.99 Å². The van der Waals surface area contributed by atoms with Gasteiger partial charge in [-0.2, -0.15) is 0 Å². The molecule has 0 bridgehead atoms. The number of rotatable bonds is 7. The molecule has 0 aliphatic rings. The summed E-state index contributed by atoms with van der Waals surface area (Å²) in [4.78, 5) is 6.80. The lowest BCUT2D eigenvalue weighted by Crippen LogP contribution is -2.37. The van der Waals surface area contributed by atoms with E-state index in [1.807, 2.05) is 24.3 Å². The SMILES string of the molecule is CCNC(=NCc1ccccc1OC)NCc1ccc(N(C)C)cc1C. The zero-order valence-corrected chi connectivity index (χ0v) is 16.5. The zero-order valence-electron chi connectivity index (χ0n) is 16.5. The molecule has 0 saturated heterocycles. The molecular formula is C21H30N4O. The molecule has 26 heavy (non-hydrogen) atoms. The number of anilines is 1. The van der Waals surface area contributed by atoms with Gasteiger partial charge in [-0.1, -0.05) is 24.3 Å². The Kier molecular flexibility index (Phi) is 7.33. The lowest BCUT2D eigenvalue weighted by atomic mass is 10.1. The first kappa shape index (κ1) is 19.6. The van der Waals surface area contributed by atoms with Crippen LogP contribution in [-0.2, 0) is 13.1 Å². The van der Waals surface area contributed by atoms with Gasteiger partial charge in [0.1, 0.15) is 5.75 Å². The topological polar surface area (TPSA) is 48.9 Å². The smallest absolute Gasteiger partial charge is 0.191 e. The first-order valence-corrected chi connectivity index (χ1v) is 8.96. The summed E-state index contributed by atoms with van der Waals surface area (Å²) in [6.45, 7) is 6.33. The van der Waals surface area contributed by atoms with E-state index in [1.54, 1.807) is 7.11 Å². The van der Waals surface area contributed by atoms with E-state index in [4.69, 9.17) is 4.74 Å². The van der Waals surface area contributed by atoms with Crippen LogP contribution in [0.1, 0.15) is 23.6 Å². The Labute approximate surface area is 157 Å². The lowest BCUT2D eigenvalue weighted by molar-refractivity contribution is 0.410. The largest absolute Gasteiger partial charge is 0.496 e. The molecule has 0 aliphatic carbocycles. The molecule has 5 heteroatoms. The zero-order chi connectivity index (χ0) is 18.9. The van der Waals surface area contributed by atoms with Crippen LogP contribution in [0.4, 0.5) is 5.69 Å². The predicted molar refractivity (Wildman–Crippen MR) is 110 cm³/mol. The first-order chi connectivity index (χ1) is 12.5. The van der Waals surface area contributed by atoms with E-state index in [0.29, 0.717) is 6.54 Å². The molecule has 0 saturated carbocycles. The van der Waals surface area contributed by atoms with Gasteiger partial charge in [0.2, 0.25) is 0 Å². The Hall–Kier alpha value is -2.69. The minimum absolute atomic E-state index is 0.567. The summed E-state index contributed by atoms with van der Waals surface area (Å²) in [5.41, 5.74) is 4.81. The van der Waals surface area contributed by atoms with Crippen molar-refractivity contribution in [2.45, 2.75) is 26.9 Å². The first-order valence-electron chi connectivity index (χ1n) is 8.96. The molecule has 0 aliphatic heterocycles. The summed E-state index contributed by atoms with van der Waals surface area (Å²) in [7, 11) is 5.80. The second kappa shape index (κ2) is 9.70. The summed E-state index contributed by atoms with van der Waals surface area (Å²) in [5.74, 6) is 1.66. The van der Waals surface area contributed by atoms with Gasteiger partial charge in [-0.25, -0.2) is 4.99 Å². The highest BCUT2D eigenvalue weighted by Crippen LogP contribution is 2.18. The van der Waals surface area contributed by atoms with E-state index in [9.17, 15) is 0 Å². The number of ether oxygens (including phenoxy) is 1. The summed E-state index contributed by atoms with van der Waals surface area (Å²) >= 11 is 0.